The molecule has 0 saturated carbocycles. The van der Waals surface area contributed by atoms with Crippen LogP contribution in [0.2, 0.25) is 0 Å². The number of carbonyl (C=O) groups is 2. The van der Waals surface area contributed by atoms with Gasteiger partial charge in [0.2, 0.25) is 11.8 Å². The zero-order valence-corrected chi connectivity index (χ0v) is 17.6. The molecule has 0 aliphatic rings. The molecule has 2 aromatic carbocycles. The molecule has 2 aromatic rings. The average Bonchev–Trinajstić information content (AvgIpc) is 2.76. The lowest BCUT2D eigenvalue weighted by Crippen LogP contribution is -2.37. The van der Waals surface area contributed by atoms with Gasteiger partial charge in [0, 0.05) is 12.8 Å². The van der Waals surface area contributed by atoms with E-state index in [0.29, 0.717) is 25.7 Å². The monoisotopic (exact) mass is 412 g/mol. The molecule has 6 nitrogen and oxygen atoms in total. The van der Waals surface area contributed by atoms with Gasteiger partial charge >= 0.3 is 0 Å². The van der Waals surface area contributed by atoms with E-state index in [9.17, 15) is 19.8 Å². The maximum absolute atomic E-state index is 12.1. The summed E-state index contributed by atoms with van der Waals surface area (Å²) in [7, 11) is 0. The van der Waals surface area contributed by atoms with Crippen LogP contribution in [0.3, 0.4) is 0 Å². The van der Waals surface area contributed by atoms with Gasteiger partial charge in [-0.2, -0.15) is 0 Å². The molecule has 4 atom stereocenters. The summed E-state index contributed by atoms with van der Waals surface area (Å²) in [6.45, 7) is 3.53. The molecule has 2 rings (SSSR count). The average molecular weight is 413 g/mol. The van der Waals surface area contributed by atoms with Gasteiger partial charge in [0.25, 0.3) is 0 Å². The van der Waals surface area contributed by atoms with Crippen LogP contribution >= 0.6 is 0 Å². The predicted molar refractivity (Wildman–Crippen MR) is 116 cm³/mol. The van der Waals surface area contributed by atoms with Gasteiger partial charge in [0.15, 0.2) is 0 Å². The third-order valence-electron chi connectivity index (χ3n) is 5.06. The SMILES string of the molecule is C[C@H](NC(=O)CCCCC(=O)N[C@@H](C)[C@H](O)c1ccccc1)[C@H](O)c1ccccc1. The van der Waals surface area contributed by atoms with Crippen molar-refractivity contribution in [1.29, 1.82) is 0 Å². The number of hydrogen-bond acceptors (Lipinski definition) is 4. The van der Waals surface area contributed by atoms with Gasteiger partial charge in [0.1, 0.15) is 0 Å². The molecule has 30 heavy (non-hydrogen) atoms. The first-order valence-electron chi connectivity index (χ1n) is 10.4. The number of aliphatic hydroxyl groups excluding tert-OH is 2. The molecule has 2 amide bonds. The van der Waals surface area contributed by atoms with Crippen molar-refractivity contribution in [1.82, 2.24) is 10.6 Å². The topological polar surface area (TPSA) is 98.7 Å². The Hall–Kier alpha value is -2.70. The van der Waals surface area contributed by atoms with Crippen LogP contribution in [0.5, 0.6) is 0 Å². The van der Waals surface area contributed by atoms with Crippen molar-refractivity contribution in [2.75, 3.05) is 0 Å². The zero-order valence-electron chi connectivity index (χ0n) is 17.6. The maximum atomic E-state index is 12.1. The van der Waals surface area contributed by atoms with Crippen molar-refractivity contribution in [2.24, 2.45) is 0 Å². The summed E-state index contributed by atoms with van der Waals surface area (Å²) in [6.07, 6.45) is 0.200. The first-order chi connectivity index (χ1) is 14.4. The minimum atomic E-state index is -0.765. The van der Waals surface area contributed by atoms with E-state index < -0.39 is 24.3 Å². The first-order valence-corrected chi connectivity index (χ1v) is 10.4. The molecule has 162 valence electrons. The van der Waals surface area contributed by atoms with E-state index in [1.807, 2.05) is 60.7 Å². The van der Waals surface area contributed by atoms with E-state index in [2.05, 4.69) is 10.6 Å². The van der Waals surface area contributed by atoms with Crippen LogP contribution < -0.4 is 10.6 Å². The van der Waals surface area contributed by atoms with Crippen molar-refractivity contribution in [2.45, 2.75) is 63.8 Å². The van der Waals surface area contributed by atoms with Crippen molar-refractivity contribution in [3.63, 3.8) is 0 Å². The molecule has 4 N–H and O–H groups in total. The van der Waals surface area contributed by atoms with Crippen LogP contribution in [-0.2, 0) is 9.59 Å². The zero-order chi connectivity index (χ0) is 21.9. The van der Waals surface area contributed by atoms with Gasteiger partial charge in [-0.25, -0.2) is 0 Å². The molecule has 0 heterocycles. The minimum Gasteiger partial charge on any atom is -0.386 e. The quantitative estimate of drug-likeness (QED) is 0.426. The Labute approximate surface area is 178 Å². The van der Waals surface area contributed by atoms with Gasteiger partial charge < -0.3 is 20.8 Å². The molecule has 6 heteroatoms. The molecular formula is C24H32N2O4. The highest BCUT2D eigenvalue weighted by atomic mass is 16.3. The van der Waals surface area contributed by atoms with Gasteiger partial charge in [-0.1, -0.05) is 60.7 Å². The van der Waals surface area contributed by atoms with Gasteiger partial charge in [0.05, 0.1) is 24.3 Å². The highest BCUT2D eigenvalue weighted by Crippen LogP contribution is 2.17. The second-order valence-corrected chi connectivity index (χ2v) is 7.63. The molecule has 0 saturated heterocycles. The number of benzene rings is 2. The number of unbranched alkanes of at least 4 members (excludes halogenated alkanes) is 1. The van der Waals surface area contributed by atoms with Gasteiger partial charge in [-0.15, -0.1) is 0 Å². The molecule has 0 fully saturated rings. The molecule has 0 unspecified atom stereocenters. The number of carbonyl (C=O) groups excluding carboxylic acids is 2. The first kappa shape index (κ1) is 23.6. The number of rotatable bonds is 11. The summed E-state index contributed by atoms with van der Waals surface area (Å²) in [5, 5.41) is 26.2. The van der Waals surface area contributed by atoms with Crippen LogP contribution in [0.4, 0.5) is 0 Å². The Kier molecular flexibility index (Phi) is 9.51. The van der Waals surface area contributed by atoms with Crippen molar-refractivity contribution < 1.29 is 19.8 Å². The Morgan fingerprint density at radius 3 is 1.37 bits per heavy atom. The van der Waals surface area contributed by atoms with Crippen molar-refractivity contribution >= 4 is 11.8 Å². The van der Waals surface area contributed by atoms with E-state index in [-0.39, 0.29) is 11.8 Å². The van der Waals surface area contributed by atoms with Crippen LogP contribution in [-0.4, -0.2) is 34.1 Å². The predicted octanol–water partition coefficient (Wildman–Crippen LogP) is 3.02. The van der Waals surface area contributed by atoms with Crippen molar-refractivity contribution in [3.8, 4) is 0 Å². The van der Waals surface area contributed by atoms with E-state index in [1.54, 1.807) is 13.8 Å². The van der Waals surface area contributed by atoms with E-state index in [0.717, 1.165) is 11.1 Å². The molecule has 0 radical (unpaired) electrons. The lowest BCUT2D eigenvalue weighted by Gasteiger charge is -2.21. The largest absolute Gasteiger partial charge is 0.386 e. The molecule has 0 bridgehead atoms. The van der Waals surface area contributed by atoms with E-state index >= 15 is 0 Å². The summed E-state index contributed by atoms with van der Waals surface area (Å²) in [5.74, 6) is -0.295. The molecule has 0 aliphatic heterocycles. The standard InChI is InChI=1S/C24H32N2O4/c1-17(23(29)19-11-5-3-6-12-19)25-21(27)15-9-10-16-22(28)26-18(2)24(30)20-13-7-4-8-14-20/h3-8,11-14,17-18,23-24,29-30H,9-10,15-16H2,1-2H3,(H,25,27)(H,26,28)/t17-,18-,23-,24-/m0/s1. The number of amides is 2. The molecular weight excluding hydrogens is 380 g/mol. The third-order valence-corrected chi connectivity index (χ3v) is 5.06. The van der Waals surface area contributed by atoms with Crippen LogP contribution in [0.1, 0.15) is 62.9 Å². The summed E-state index contributed by atoms with van der Waals surface area (Å²) in [4.78, 5) is 24.2. The fraction of sp³-hybridized carbons (Fsp3) is 0.417. The summed E-state index contributed by atoms with van der Waals surface area (Å²) in [5.41, 5.74) is 1.52. The fourth-order valence-corrected chi connectivity index (χ4v) is 3.26. The number of hydrogen-bond donors (Lipinski definition) is 4. The van der Waals surface area contributed by atoms with Crippen LogP contribution in [0, 0.1) is 0 Å². The Bertz CT molecular complexity index is 715. The highest BCUT2D eigenvalue weighted by Gasteiger charge is 2.19. The lowest BCUT2D eigenvalue weighted by molar-refractivity contribution is -0.124. The van der Waals surface area contributed by atoms with Gasteiger partial charge in [-0.3, -0.25) is 9.59 Å². The Balaban J connectivity index is 1.64. The second-order valence-electron chi connectivity index (χ2n) is 7.63. The Morgan fingerprint density at radius 1 is 0.700 bits per heavy atom. The van der Waals surface area contributed by atoms with Crippen LogP contribution in [0.15, 0.2) is 60.7 Å². The molecule has 0 aromatic heterocycles. The molecule has 0 spiro atoms. The third kappa shape index (κ3) is 7.61. The number of nitrogens with one attached hydrogen (secondary N) is 2. The van der Waals surface area contributed by atoms with E-state index in [4.69, 9.17) is 0 Å². The summed E-state index contributed by atoms with van der Waals surface area (Å²) < 4.78 is 0. The fourth-order valence-electron chi connectivity index (χ4n) is 3.26. The summed E-state index contributed by atoms with van der Waals surface area (Å²) in [6, 6.07) is 17.6. The minimum absolute atomic E-state index is 0.147. The maximum Gasteiger partial charge on any atom is 0.220 e. The normalized spacial score (nSPS) is 14.9. The van der Waals surface area contributed by atoms with Gasteiger partial charge in [-0.05, 0) is 37.8 Å². The smallest absolute Gasteiger partial charge is 0.220 e. The van der Waals surface area contributed by atoms with Crippen LogP contribution in [0.25, 0.3) is 0 Å². The second kappa shape index (κ2) is 12.1. The summed E-state index contributed by atoms with van der Waals surface area (Å²) >= 11 is 0. The Morgan fingerprint density at radius 2 is 1.03 bits per heavy atom. The van der Waals surface area contributed by atoms with Crippen molar-refractivity contribution in [3.05, 3.63) is 71.8 Å². The highest BCUT2D eigenvalue weighted by molar-refractivity contribution is 5.77. The number of aliphatic hydroxyl groups is 2. The lowest BCUT2D eigenvalue weighted by atomic mass is 10.0. The molecule has 0 aliphatic carbocycles. The van der Waals surface area contributed by atoms with E-state index in [1.165, 1.54) is 0 Å².